The predicted octanol–water partition coefficient (Wildman–Crippen LogP) is 2.05. The quantitative estimate of drug-likeness (QED) is 0.318. The third-order valence-corrected chi connectivity index (χ3v) is 5.30. The number of urea groups is 1. The van der Waals surface area contributed by atoms with Gasteiger partial charge in [-0.2, -0.15) is 11.8 Å². The van der Waals surface area contributed by atoms with E-state index in [-0.39, 0.29) is 37.1 Å². The van der Waals surface area contributed by atoms with Crippen LogP contribution in [0.5, 0.6) is 0 Å². The summed E-state index contributed by atoms with van der Waals surface area (Å²) in [6, 6.07) is 0.317. The number of thioether (sulfide) groups is 1. The third kappa shape index (κ3) is 5.60. The van der Waals surface area contributed by atoms with E-state index >= 15 is 0 Å². The number of ether oxygens (including phenoxy) is 2. The van der Waals surface area contributed by atoms with E-state index in [1.165, 1.54) is 0 Å². The van der Waals surface area contributed by atoms with Crippen LogP contribution in [0.3, 0.4) is 0 Å². The van der Waals surface area contributed by atoms with Gasteiger partial charge in [0.15, 0.2) is 0 Å². The minimum absolute atomic E-state index is 0.0891. The number of carbonyl (C=O) groups is 3. The first kappa shape index (κ1) is 17.9. The molecule has 2 heterocycles. The van der Waals surface area contributed by atoms with E-state index in [0.717, 1.165) is 18.6 Å². The lowest BCUT2D eigenvalue weighted by molar-refractivity contribution is -0.140. The molecule has 2 aliphatic heterocycles. The molecular weight excluding hydrogens is 320 g/mol. The maximum Gasteiger partial charge on any atom is 0.516 e. The Hall–Kier alpha value is -1.44. The monoisotopic (exact) mass is 344 g/mol. The molecule has 7 nitrogen and oxygen atoms in total. The molecule has 2 rings (SSSR count). The molecule has 0 saturated carbocycles. The zero-order chi connectivity index (χ0) is 16.8. The smallest absolute Gasteiger partial charge is 0.434 e. The maximum atomic E-state index is 11.5. The van der Waals surface area contributed by atoms with Gasteiger partial charge in [-0.15, -0.1) is 0 Å². The van der Waals surface area contributed by atoms with Crippen molar-refractivity contribution in [1.29, 1.82) is 0 Å². The predicted molar refractivity (Wildman–Crippen MR) is 86.2 cm³/mol. The second-order valence-electron chi connectivity index (χ2n) is 6.30. The van der Waals surface area contributed by atoms with E-state index in [1.807, 2.05) is 25.6 Å². The lowest BCUT2D eigenvalue weighted by atomic mass is 10.0. The van der Waals surface area contributed by atoms with Crippen LogP contribution in [0.25, 0.3) is 0 Å². The molecule has 0 aromatic carbocycles. The highest BCUT2D eigenvalue weighted by Gasteiger charge is 2.42. The van der Waals surface area contributed by atoms with E-state index in [0.29, 0.717) is 11.7 Å². The van der Waals surface area contributed by atoms with E-state index < -0.39 is 12.1 Å². The Labute approximate surface area is 140 Å². The second kappa shape index (κ2) is 8.42. The van der Waals surface area contributed by atoms with Crippen LogP contribution in [0.4, 0.5) is 9.59 Å². The van der Waals surface area contributed by atoms with E-state index in [4.69, 9.17) is 4.74 Å². The number of unbranched alkanes of at least 4 members (excludes halogenated alkanes) is 1. The highest BCUT2D eigenvalue weighted by molar-refractivity contribution is 8.00. The van der Waals surface area contributed by atoms with Crippen molar-refractivity contribution < 1.29 is 23.9 Å². The fraction of sp³-hybridized carbons (Fsp3) is 0.800. The normalized spacial score (nSPS) is 25.7. The fourth-order valence-corrected chi connectivity index (χ4v) is 4.21. The van der Waals surface area contributed by atoms with Crippen LogP contribution in [0.1, 0.15) is 39.5 Å². The van der Waals surface area contributed by atoms with Gasteiger partial charge in [-0.1, -0.05) is 20.3 Å². The zero-order valence-electron chi connectivity index (χ0n) is 13.5. The van der Waals surface area contributed by atoms with Gasteiger partial charge < -0.3 is 20.1 Å². The SMILES string of the molecule is CC(C)COC(=O)OC(=O)CCCC[C@@H]1SC[C@@H]2NC(=O)N[C@@H]21. The van der Waals surface area contributed by atoms with Crippen LogP contribution in [0.15, 0.2) is 0 Å². The third-order valence-electron chi connectivity index (χ3n) is 3.79. The summed E-state index contributed by atoms with van der Waals surface area (Å²) < 4.78 is 9.37. The minimum Gasteiger partial charge on any atom is -0.434 e. The van der Waals surface area contributed by atoms with Crippen LogP contribution < -0.4 is 10.6 Å². The molecule has 0 spiro atoms. The van der Waals surface area contributed by atoms with Crippen LogP contribution in [0, 0.1) is 5.92 Å². The van der Waals surface area contributed by atoms with Gasteiger partial charge in [0.1, 0.15) is 0 Å². The summed E-state index contributed by atoms with van der Waals surface area (Å²) in [5, 5.41) is 6.22. The number of rotatable bonds is 7. The van der Waals surface area contributed by atoms with Crippen molar-refractivity contribution in [3.63, 3.8) is 0 Å². The van der Waals surface area contributed by atoms with E-state index in [1.54, 1.807) is 0 Å². The molecule has 2 amide bonds. The number of fused-ring (bicyclic) bond motifs is 1. The molecule has 130 valence electrons. The maximum absolute atomic E-state index is 11.5. The van der Waals surface area contributed by atoms with Crippen LogP contribution in [-0.4, -0.2) is 47.8 Å². The molecule has 0 radical (unpaired) electrons. The Balaban J connectivity index is 1.56. The number of hydrogen-bond acceptors (Lipinski definition) is 6. The fourth-order valence-electron chi connectivity index (χ4n) is 2.67. The number of carbonyl (C=O) groups excluding carboxylic acids is 3. The van der Waals surface area contributed by atoms with Crippen LogP contribution in [-0.2, 0) is 14.3 Å². The van der Waals surface area contributed by atoms with Crippen molar-refractivity contribution in [3.8, 4) is 0 Å². The summed E-state index contributed by atoms with van der Waals surface area (Å²) in [5.74, 6) is 0.583. The first-order valence-corrected chi connectivity index (χ1v) is 9.06. The largest absolute Gasteiger partial charge is 0.516 e. The van der Waals surface area contributed by atoms with Crippen molar-refractivity contribution in [1.82, 2.24) is 10.6 Å². The van der Waals surface area contributed by atoms with Gasteiger partial charge in [-0.25, -0.2) is 9.59 Å². The van der Waals surface area contributed by atoms with Crippen molar-refractivity contribution in [2.24, 2.45) is 5.92 Å². The number of nitrogens with one attached hydrogen (secondary N) is 2. The Morgan fingerprint density at radius 3 is 2.83 bits per heavy atom. The van der Waals surface area contributed by atoms with Crippen molar-refractivity contribution in [3.05, 3.63) is 0 Å². The molecule has 0 aliphatic carbocycles. The first-order chi connectivity index (χ1) is 11.0. The Morgan fingerprint density at radius 2 is 2.09 bits per heavy atom. The molecule has 23 heavy (non-hydrogen) atoms. The van der Waals surface area contributed by atoms with E-state index in [9.17, 15) is 14.4 Å². The van der Waals surface area contributed by atoms with Crippen molar-refractivity contribution in [2.45, 2.75) is 56.9 Å². The average Bonchev–Trinajstić information content (AvgIpc) is 3.01. The lowest BCUT2D eigenvalue weighted by Crippen LogP contribution is -2.36. The van der Waals surface area contributed by atoms with Gasteiger partial charge in [0.2, 0.25) is 0 Å². The molecule has 2 aliphatic rings. The number of hydrogen-bond donors (Lipinski definition) is 2. The number of amides is 2. The van der Waals surface area contributed by atoms with Gasteiger partial charge in [0, 0.05) is 17.4 Å². The minimum atomic E-state index is -0.919. The average molecular weight is 344 g/mol. The standard InChI is InChI=1S/C15H24N2O5S/c1-9(2)7-21-15(20)22-12(18)6-4-3-5-11-13-10(8-23-11)16-14(19)17-13/h9-11,13H,3-8H2,1-2H3,(H2,16,17,19)/t10-,11-,13-/m0/s1. The Morgan fingerprint density at radius 1 is 1.30 bits per heavy atom. The summed E-state index contributed by atoms with van der Waals surface area (Å²) in [6.07, 6.45) is 1.72. The molecule has 0 unspecified atom stereocenters. The van der Waals surface area contributed by atoms with E-state index in [2.05, 4.69) is 15.4 Å². The first-order valence-electron chi connectivity index (χ1n) is 8.01. The van der Waals surface area contributed by atoms with Gasteiger partial charge >= 0.3 is 18.2 Å². The summed E-state index contributed by atoms with van der Waals surface area (Å²) in [5.41, 5.74) is 0. The lowest BCUT2D eigenvalue weighted by Gasteiger charge is -2.16. The van der Waals surface area contributed by atoms with Gasteiger partial charge in [0.25, 0.3) is 0 Å². The molecule has 2 saturated heterocycles. The second-order valence-corrected chi connectivity index (χ2v) is 7.57. The van der Waals surface area contributed by atoms with Crippen LogP contribution >= 0.6 is 11.8 Å². The summed E-state index contributed by atoms with van der Waals surface area (Å²) in [7, 11) is 0. The highest BCUT2D eigenvalue weighted by atomic mass is 32.2. The van der Waals surface area contributed by atoms with Crippen molar-refractivity contribution >= 4 is 29.9 Å². The Kier molecular flexibility index (Phi) is 6.56. The topological polar surface area (TPSA) is 93.7 Å². The van der Waals surface area contributed by atoms with Gasteiger partial charge in [-0.3, -0.25) is 4.79 Å². The highest BCUT2D eigenvalue weighted by Crippen LogP contribution is 2.33. The molecule has 0 aromatic heterocycles. The van der Waals surface area contributed by atoms with Gasteiger partial charge in [-0.05, 0) is 18.8 Å². The molecule has 2 fully saturated rings. The molecule has 0 aromatic rings. The molecule has 8 heteroatoms. The molecular formula is C15H24N2O5S. The zero-order valence-corrected chi connectivity index (χ0v) is 14.3. The molecule has 0 bridgehead atoms. The van der Waals surface area contributed by atoms with Gasteiger partial charge in [0.05, 0.1) is 18.7 Å². The van der Waals surface area contributed by atoms with Crippen LogP contribution in [0.2, 0.25) is 0 Å². The molecule has 3 atom stereocenters. The Bertz CT molecular complexity index is 457. The summed E-state index contributed by atoms with van der Waals surface area (Å²) >= 11 is 1.85. The summed E-state index contributed by atoms with van der Waals surface area (Å²) in [4.78, 5) is 34.0. The van der Waals surface area contributed by atoms with Crippen molar-refractivity contribution in [2.75, 3.05) is 12.4 Å². The molecule has 2 N–H and O–H groups in total. The number of esters is 1. The summed E-state index contributed by atoms with van der Waals surface area (Å²) in [6.45, 7) is 4.05.